The van der Waals surface area contributed by atoms with Crippen molar-refractivity contribution in [2.75, 3.05) is 30.5 Å². The largest absolute Gasteiger partial charge is 0.454 e. The minimum atomic E-state index is -0.285. The van der Waals surface area contributed by atoms with Crippen molar-refractivity contribution in [3.63, 3.8) is 0 Å². The van der Waals surface area contributed by atoms with E-state index in [1.165, 1.54) is 37.9 Å². The molecule has 2 aromatic rings. The van der Waals surface area contributed by atoms with Crippen LogP contribution >= 0.6 is 0 Å². The van der Waals surface area contributed by atoms with Crippen LogP contribution in [0, 0.1) is 0 Å². The monoisotopic (exact) mass is 353 g/mol. The Bertz CT molecular complexity index is 770. The Morgan fingerprint density at radius 3 is 2.38 bits per heavy atom. The van der Waals surface area contributed by atoms with Gasteiger partial charge in [0.2, 0.25) is 6.79 Å². The number of rotatable bonds is 4. The van der Waals surface area contributed by atoms with E-state index in [1.54, 1.807) is 18.2 Å². The number of piperidine rings is 1. The van der Waals surface area contributed by atoms with Crippen LogP contribution < -0.4 is 20.1 Å². The zero-order valence-electron chi connectivity index (χ0n) is 14.7. The molecule has 0 saturated carbocycles. The normalized spacial score (nSPS) is 16.3. The Balaban J connectivity index is 1.31. The van der Waals surface area contributed by atoms with Crippen LogP contribution in [0.15, 0.2) is 42.5 Å². The number of carbonyl (C=O) groups is 1. The number of nitrogens with one attached hydrogen (secondary N) is 2. The minimum absolute atomic E-state index is 0.217. The van der Waals surface area contributed by atoms with Gasteiger partial charge in [0.1, 0.15) is 0 Å². The maximum atomic E-state index is 12.2. The van der Waals surface area contributed by atoms with Gasteiger partial charge in [-0.15, -0.1) is 0 Å². The Kier molecular flexibility index (Phi) is 4.93. The predicted octanol–water partition coefficient (Wildman–Crippen LogP) is 4.05. The van der Waals surface area contributed by atoms with Crippen molar-refractivity contribution in [2.45, 2.75) is 25.8 Å². The van der Waals surface area contributed by atoms with Gasteiger partial charge in [-0.3, -0.25) is 4.90 Å². The van der Waals surface area contributed by atoms with Gasteiger partial charge < -0.3 is 20.1 Å². The average Bonchev–Trinajstić information content (AvgIpc) is 3.12. The average molecular weight is 353 g/mol. The van der Waals surface area contributed by atoms with Gasteiger partial charge in [-0.2, -0.15) is 0 Å². The third kappa shape index (κ3) is 4.08. The lowest BCUT2D eigenvalue weighted by Gasteiger charge is -2.26. The third-order valence-corrected chi connectivity index (χ3v) is 4.70. The highest BCUT2D eigenvalue weighted by atomic mass is 16.7. The van der Waals surface area contributed by atoms with Gasteiger partial charge >= 0.3 is 6.03 Å². The molecule has 26 heavy (non-hydrogen) atoms. The highest BCUT2D eigenvalue weighted by molar-refractivity contribution is 5.99. The first kappa shape index (κ1) is 16.7. The van der Waals surface area contributed by atoms with Crippen molar-refractivity contribution < 1.29 is 14.3 Å². The molecule has 6 nitrogen and oxygen atoms in total. The minimum Gasteiger partial charge on any atom is -0.454 e. The summed E-state index contributed by atoms with van der Waals surface area (Å²) < 4.78 is 10.6. The number of ether oxygens (including phenoxy) is 2. The molecular formula is C20H23N3O3. The highest BCUT2D eigenvalue weighted by Gasteiger charge is 2.14. The lowest BCUT2D eigenvalue weighted by atomic mass is 10.1. The molecule has 2 amide bonds. The van der Waals surface area contributed by atoms with E-state index in [0.717, 1.165) is 12.2 Å². The van der Waals surface area contributed by atoms with Crippen LogP contribution in [0.3, 0.4) is 0 Å². The highest BCUT2D eigenvalue weighted by Crippen LogP contribution is 2.34. The summed E-state index contributed by atoms with van der Waals surface area (Å²) in [6, 6.07) is 13.1. The molecule has 2 aromatic carbocycles. The lowest BCUT2D eigenvalue weighted by molar-refractivity contribution is 0.174. The Morgan fingerprint density at radius 1 is 0.885 bits per heavy atom. The summed E-state index contributed by atoms with van der Waals surface area (Å²) >= 11 is 0. The SMILES string of the molecule is O=C(Nc1ccc(CN2CCCCC2)cc1)Nc1ccc2c(c1)OCO2. The van der Waals surface area contributed by atoms with Gasteiger partial charge in [0.25, 0.3) is 0 Å². The smallest absolute Gasteiger partial charge is 0.323 e. The first-order chi connectivity index (χ1) is 12.8. The Morgan fingerprint density at radius 2 is 1.58 bits per heavy atom. The molecule has 4 rings (SSSR count). The fourth-order valence-corrected chi connectivity index (χ4v) is 3.34. The van der Waals surface area contributed by atoms with Gasteiger partial charge in [0.05, 0.1) is 0 Å². The van der Waals surface area contributed by atoms with E-state index in [9.17, 15) is 4.79 Å². The van der Waals surface area contributed by atoms with Gasteiger partial charge in [-0.05, 0) is 55.8 Å². The van der Waals surface area contributed by atoms with Crippen molar-refractivity contribution in [3.05, 3.63) is 48.0 Å². The van der Waals surface area contributed by atoms with Crippen molar-refractivity contribution in [1.29, 1.82) is 0 Å². The van der Waals surface area contributed by atoms with E-state index in [4.69, 9.17) is 9.47 Å². The van der Waals surface area contributed by atoms with E-state index in [-0.39, 0.29) is 12.8 Å². The summed E-state index contributed by atoms with van der Waals surface area (Å²) in [5.74, 6) is 1.34. The number of anilines is 2. The lowest BCUT2D eigenvalue weighted by Crippen LogP contribution is -2.29. The number of urea groups is 1. The second-order valence-corrected chi connectivity index (χ2v) is 6.68. The molecule has 2 aliphatic rings. The zero-order valence-corrected chi connectivity index (χ0v) is 14.7. The number of nitrogens with zero attached hydrogens (tertiary/aromatic N) is 1. The van der Waals surface area contributed by atoms with Crippen LogP contribution in [-0.4, -0.2) is 30.8 Å². The van der Waals surface area contributed by atoms with Crippen LogP contribution in [0.25, 0.3) is 0 Å². The first-order valence-electron chi connectivity index (χ1n) is 9.05. The zero-order chi connectivity index (χ0) is 17.8. The number of hydrogen-bond acceptors (Lipinski definition) is 4. The van der Waals surface area contributed by atoms with E-state index in [1.807, 2.05) is 12.1 Å². The fourth-order valence-electron chi connectivity index (χ4n) is 3.34. The second-order valence-electron chi connectivity index (χ2n) is 6.68. The molecular weight excluding hydrogens is 330 g/mol. The van der Waals surface area contributed by atoms with E-state index in [0.29, 0.717) is 17.2 Å². The maximum Gasteiger partial charge on any atom is 0.323 e. The summed E-state index contributed by atoms with van der Waals surface area (Å²) in [7, 11) is 0. The number of fused-ring (bicyclic) bond motifs is 1. The molecule has 1 fully saturated rings. The summed E-state index contributed by atoms with van der Waals surface area (Å²) in [4.78, 5) is 14.7. The number of hydrogen-bond donors (Lipinski definition) is 2. The predicted molar refractivity (Wildman–Crippen MR) is 101 cm³/mol. The van der Waals surface area contributed by atoms with Gasteiger partial charge in [-0.25, -0.2) is 4.79 Å². The van der Waals surface area contributed by atoms with Crippen molar-refractivity contribution in [1.82, 2.24) is 4.90 Å². The van der Waals surface area contributed by atoms with Gasteiger partial charge in [-0.1, -0.05) is 18.6 Å². The molecule has 2 N–H and O–H groups in total. The number of likely N-dealkylation sites (tertiary alicyclic amines) is 1. The summed E-state index contributed by atoms with van der Waals surface area (Å²) in [6.45, 7) is 3.55. The molecule has 0 atom stereocenters. The quantitative estimate of drug-likeness (QED) is 0.871. The molecule has 0 aromatic heterocycles. The van der Waals surface area contributed by atoms with Gasteiger partial charge in [0, 0.05) is 24.0 Å². The standard InChI is InChI=1S/C20H23N3O3/c24-20(22-17-8-9-18-19(12-17)26-14-25-18)21-16-6-4-15(5-7-16)13-23-10-2-1-3-11-23/h4-9,12H,1-3,10-11,13-14H2,(H2,21,22,24). The van der Waals surface area contributed by atoms with Crippen LogP contribution in [0.4, 0.5) is 16.2 Å². The molecule has 0 aliphatic carbocycles. The number of carbonyl (C=O) groups excluding carboxylic acids is 1. The molecule has 2 heterocycles. The maximum absolute atomic E-state index is 12.2. The molecule has 0 bridgehead atoms. The van der Waals surface area contributed by atoms with Crippen LogP contribution in [0.5, 0.6) is 11.5 Å². The first-order valence-corrected chi connectivity index (χ1v) is 9.05. The van der Waals surface area contributed by atoms with E-state index in [2.05, 4.69) is 27.7 Å². The number of benzene rings is 2. The van der Waals surface area contributed by atoms with Crippen LogP contribution in [0.2, 0.25) is 0 Å². The molecule has 2 aliphatic heterocycles. The molecule has 0 spiro atoms. The Hall–Kier alpha value is -2.73. The molecule has 136 valence electrons. The van der Waals surface area contributed by atoms with E-state index >= 15 is 0 Å². The number of amides is 2. The topological polar surface area (TPSA) is 62.8 Å². The Labute approximate surface area is 153 Å². The third-order valence-electron chi connectivity index (χ3n) is 4.70. The summed E-state index contributed by atoms with van der Waals surface area (Å²) in [5.41, 5.74) is 2.70. The fraction of sp³-hybridized carbons (Fsp3) is 0.350. The second kappa shape index (κ2) is 7.66. The molecule has 0 unspecified atom stereocenters. The van der Waals surface area contributed by atoms with Gasteiger partial charge in [0.15, 0.2) is 11.5 Å². The van der Waals surface area contributed by atoms with E-state index < -0.39 is 0 Å². The van der Waals surface area contributed by atoms with Crippen molar-refractivity contribution in [3.8, 4) is 11.5 Å². The molecule has 6 heteroatoms. The van der Waals surface area contributed by atoms with Crippen molar-refractivity contribution in [2.24, 2.45) is 0 Å². The summed E-state index contributed by atoms with van der Waals surface area (Å²) in [5, 5.41) is 5.66. The van der Waals surface area contributed by atoms with Crippen LogP contribution in [-0.2, 0) is 6.54 Å². The van der Waals surface area contributed by atoms with Crippen molar-refractivity contribution >= 4 is 17.4 Å². The summed E-state index contributed by atoms with van der Waals surface area (Å²) in [6.07, 6.45) is 3.93. The molecule has 0 radical (unpaired) electrons. The van der Waals surface area contributed by atoms with Crippen LogP contribution in [0.1, 0.15) is 24.8 Å². The molecule has 1 saturated heterocycles.